The minimum absolute atomic E-state index is 0.0468. The van der Waals surface area contributed by atoms with Crippen molar-refractivity contribution in [3.05, 3.63) is 42.9 Å². The molecule has 0 aliphatic rings. The van der Waals surface area contributed by atoms with E-state index >= 15 is 0 Å². The van der Waals surface area contributed by atoms with Gasteiger partial charge in [-0.15, -0.1) is 0 Å². The SMILES string of the molecule is FC(F)Oc1cccnc1-c1cccnc1. The van der Waals surface area contributed by atoms with Gasteiger partial charge in [0.1, 0.15) is 5.69 Å². The predicted molar refractivity (Wildman–Crippen MR) is 54.1 cm³/mol. The van der Waals surface area contributed by atoms with Gasteiger partial charge in [0, 0.05) is 24.2 Å². The molecule has 0 saturated carbocycles. The number of hydrogen-bond donors (Lipinski definition) is 0. The lowest BCUT2D eigenvalue weighted by Crippen LogP contribution is -2.03. The number of pyridine rings is 2. The molecule has 0 atom stereocenters. The predicted octanol–water partition coefficient (Wildman–Crippen LogP) is 2.75. The Hall–Kier alpha value is -2.04. The van der Waals surface area contributed by atoms with E-state index in [9.17, 15) is 8.78 Å². The van der Waals surface area contributed by atoms with Gasteiger partial charge in [0.2, 0.25) is 0 Å². The Bertz CT molecular complexity index is 463. The fraction of sp³-hybridized carbons (Fsp3) is 0.0909. The molecule has 3 nitrogen and oxygen atoms in total. The summed E-state index contributed by atoms with van der Waals surface area (Å²) in [6, 6.07) is 6.42. The van der Waals surface area contributed by atoms with Crippen LogP contribution in [0.4, 0.5) is 8.78 Å². The molecule has 0 aliphatic carbocycles. The van der Waals surface area contributed by atoms with E-state index in [1.54, 1.807) is 24.5 Å². The first-order valence-corrected chi connectivity index (χ1v) is 4.57. The quantitative estimate of drug-likeness (QED) is 0.800. The van der Waals surface area contributed by atoms with Gasteiger partial charge in [-0.3, -0.25) is 9.97 Å². The standard InChI is InChI=1S/C11H8F2N2O/c12-11(13)16-9-4-2-6-15-10(9)8-3-1-5-14-7-8/h1-7,11H. The summed E-state index contributed by atoms with van der Waals surface area (Å²) in [4.78, 5) is 7.90. The second-order valence-electron chi connectivity index (χ2n) is 2.97. The number of halogens is 2. The third kappa shape index (κ3) is 2.31. The molecule has 0 N–H and O–H groups in total. The Kier molecular flexibility index (Phi) is 3.05. The molecule has 2 heterocycles. The van der Waals surface area contributed by atoms with E-state index in [1.165, 1.54) is 18.3 Å². The van der Waals surface area contributed by atoms with Crippen LogP contribution in [0, 0.1) is 0 Å². The molecule has 0 fully saturated rings. The normalized spacial score (nSPS) is 10.4. The molecule has 2 aromatic heterocycles. The number of rotatable bonds is 3. The second-order valence-corrected chi connectivity index (χ2v) is 2.97. The Morgan fingerprint density at radius 2 is 1.94 bits per heavy atom. The lowest BCUT2D eigenvalue weighted by molar-refractivity contribution is -0.0496. The molecular weight excluding hydrogens is 214 g/mol. The molecule has 5 heteroatoms. The molecule has 16 heavy (non-hydrogen) atoms. The van der Waals surface area contributed by atoms with Gasteiger partial charge in [0.25, 0.3) is 0 Å². The molecular formula is C11H8F2N2O. The Balaban J connectivity index is 2.41. The number of alkyl halides is 2. The number of aromatic nitrogens is 2. The third-order valence-electron chi connectivity index (χ3n) is 1.92. The molecule has 0 unspecified atom stereocenters. The van der Waals surface area contributed by atoms with Crippen LogP contribution in [0.3, 0.4) is 0 Å². The molecule has 0 aliphatic heterocycles. The zero-order valence-corrected chi connectivity index (χ0v) is 8.18. The van der Waals surface area contributed by atoms with Crippen molar-refractivity contribution in [1.82, 2.24) is 9.97 Å². The molecule has 2 aromatic rings. The Morgan fingerprint density at radius 3 is 2.62 bits per heavy atom. The largest absolute Gasteiger partial charge is 0.432 e. The van der Waals surface area contributed by atoms with Crippen LogP contribution in [-0.4, -0.2) is 16.6 Å². The van der Waals surface area contributed by atoms with Gasteiger partial charge in [-0.25, -0.2) is 0 Å². The minimum atomic E-state index is -2.86. The van der Waals surface area contributed by atoms with Crippen molar-refractivity contribution in [2.24, 2.45) is 0 Å². The lowest BCUT2D eigenvalue weighted by Gasteiger charge is -2.08. The molecule has 2 rings (SSSR count). The average molecular weight is 222 g/mol. The highest BCUT2D eigenvalue weighted by Crippen LogP contribution is 2.27. The van der Waals surface area contributed by atoms with Gasteiger partial charge in [0.05, 0.1) is 0 Å². The average Bonchev–Trinajstić information content (AvgIpc) is 2.30. The monoisotopic (exact) mass is 222 g/mol. The van der Waals surface area contributed by atoms with Crippen molar-refractivity contribution in [3.8, 4) is 17.0 Å². The summed E-state index contributed by atoms with van der Waals surface area (Å²) in [5.74, 6) is 0.0468. The van der Waals surface area contributed by atoms with Crippen molar-refractivity contribution in [2.45, 2.75) is 6.61 Å². The molecule has 0 radical (unpaired) electrons. The van der Waals surface area contributed by atoms with Gasteiger partial charge >= 0.3 is 6.61 Å². The summed E-state index contributed by atoms with van der Waals surface area (Å²) < 4.78 is 28.7. The highest BCUT2D eigenvalue weighted by Gasteiger charge is 2.11. The first-order chi connectivity index (χ1) is 7.77. The fourth-order valence-electron chi connectivity index (χ4n) is 1.30. The van der Waals surface area contributed by atoms with E-state index in [1.807, 2.05) is 0 Å². The summed E-state index contributed by atoms with van der Waals surface area (Å²) in [5, 5.41) is 0. The number of hydrogen-bond acceptors (Lipinski definition) is 3. The first kappa shape index (κ1) is 10.5. The summed E-state index contributed by atoms with van der Waals surface area (Å²) in [6.07, 6.45) is 4.65. The topological polar surface area (TPSA) is 35.0 Å². The van der Waals surface area contributed by atoms with E-state index in [-0.39, 0.29) is 5.75 Å². The highest BCUT2D eigenvalue weighted by molar-refractivity contribution is 5.64. The smallest absolute Gasteiger partial charge is 0.387 e. The molecule has 0 spiro atoms. The maximum Gasteiger partial charge on any atom is 0.387 e. The van der Waals surface area contributed by atoms with E-state index in [4.69, 9.17) is 0 Å². The van der Waals surface area contributed by atoms with Crippen molar-refractivity contribution in [2.75, 3.05) is 0 Å². The van der Waals surface area contributed by atoms with Gasteiger partial charge in [-0.05, 0) is 24.3 Å². The van der Waals surface area contributed by atoms with Crippen molar-refractivity contribution in [1.29, 1.82) is 0 Å². The summed E-state index contributed by atoms with van der Waals surface area (Å²) in [7, 11) is 0. The van der Waals surface area contributed by atoms with E-state index < -0.39 is 6.61 Å². The van der Waals surface area contributed by atoms with Crippen molar-refractivity contribution >= 4 is 0 Å². The van der Waals surface area contributed by atoms with Gasteiger partial charge in [0.15, 0.2) is 5.75 Å². The van der Waals surface area contributed by atoms with Crippen LogP contribution in [0.5, 0.6) is 5.75 Å². The van der Waals surface area contributed by atoms with Crippen LogP contribution in [0.25, 0.3) is 11.3 Å². The number of nitrogens with zero attached hydrogens (tertiary/aromatic N) is 2. The lowest BCUT2D eigenvalue weighted by atomic mass is 10.2. The molecule has 0 bridgehead atoms. The van der Waals surface area contributed by atoms with Crippen LogP contribution < -0.4 is 4.74 Å². The van der Waals surface area contributed by atoms with Crippen molar-refractivity contribution < 1.29 is 13.5 Å². The second kappa shape index (κ2) is 4.65. The molecule has 0 amide bonds. The van der Waals surface area contributed by atoms with E-state index in [0.29, 0.717) is 11.3 Å². The molecule has 82 valence electrons. The zero-order valence-electron chi connectivity index (χ0n) is 8.18. The third-order valence-corrected chi connectivity index (χ3v) is 1.92. The molecule has 0 saturated heterocycles. The van der Waals surface area contributed by atoms with Crippen LogP contribution in [-0.2, 0) is 0 Å². The van der Waals surface area contributed by atoms with E-state index in [0.717, 1.165) is 0 Å². The van der Waals surface area contributed by atoms with E-state index in [2.05, 4.69) is 14.7 Å². The van der Waals surface area contributed by atoms with Gasteiger partial charge < -0.3 is 4.74 Å². The van der Waals surface area contributed by atoms with Crippen LogP contribution >= 0.6 is 0 Å². The molecule has 0 aromatic carbocycles. The summed E-state index contributed by atoms with van der Waals surface area (Å²) in [5.41, 5.74) is 0.995. The maximum atomic E-state index is 12.2. The maximum absolute atomic E-state index is 12.2. The fourth-order valence-corrected chi connectivity index (χ4v) is 1.30. The van der Waals surface area contributed by atoms with Crippen LogP contribution in [0.1, 0.15) is 0 Å². The number of ether oxygens (including phenoxy) is 1. The first-order valence-electron chi connectivity index (χ1n) is 4.57. The highest BCUT2D eigenvalue weighted by atomic mass is 19.3. The minimum Gasteiger partial charge on any atom is -0.432 e. The van der Waals surface area contributed by atoms with Crippen molar-refractivity contribution in [3.63, 3.8) is 0 Å². The van der Waals surface area contributed by atoms with Gasteiger partial charge in [-0.2, -0.15) is 8.78 Å². The van der Waals surface area contributed by atoms with Crippen LogP contribution in [0.15, 0.2) is 42.9 Å². The summed E-state index contributed by atoms with van der Waals surface area (Å²) in [6.45, 7) is -2.86. The summed E-state index contributed by atoms with van der Waals surface area (Å²) >= 11 is 0. The Morgan fingerprint density at radius 1 is 1.12 bits per heavy atom. The van der Waals surface area contributed by atoms with Gasteiger partial charge in [-0.1, -0.05) is 0 Å². The zero-order chi connectivity index (χ0) is 11.4. The Labute approximate surface area is 90.7 Å². The van der Waals surface area contributed by atoms with Crippen LogP contribution in [0.2, 0.25) is 0 Å².